The molecule has 1 aromatic rings. The molecule has 7 nitrogen and oxygen atoms in total. The Bertz CT molecular complexity index is 481. The molecule has 0 fully saturated rings. The van der Waals surface area contributed by atoms with E-state index >= 15 is 0 Å². The van der Waals surface area contributed by atoms with Gasteiger partial charge in [-0.15, -0.1) is 0 Å². The summed E-state index contributed by atoms with van der Waals surface area (Å²) in [6.45, 7) is 9.55. The fourth-order valence-electron chi connectivity index (χ4n) is 1.46. The number of hydrogen-bond acceptors (Lipinski definition) is 6. The van der Waals surface area contributed by atoms with Crippen molar-refractivity contribution >= 4 is 11.5 Å². The van der Waals surface area contributed by atoms with Gasteiger partial charge in [0.1, 0.15) is 5.82 Å². The Morgan fingerprint density at radius 2 is 1.89 bits per heavy atom. The maximum atomic E-state index is 11.2. The molecule has 0 radical (unpaired) electrons. The summed E-state index contributed by atoms with van der Waals surface area (Å²) in [5.74, 6) is 0.730. The Morgan fingerprint density at radius 3 is 2.26 bits per heavy atom. The number of ether oxygens (including phenoxy) is 1. The smallest absolute Gasteiger partial charge is 0.372 e. The lowest BCUT2D eigenvalue weighted by atomic mass is 10.1. The van der Waals surface area contributed by atoms with Gasteiger partial charge < -0.3 is 10.1 Å². The van der Waals surface area contributed by atoms with E-state index < -0.39 is 4.92 Å². The highest BCUT2D eigenvalue weighted by Crippen LogP contribution is 2.34. The van der Waals surface area contributed by atoms with Crippen LogP contribution in [-0.4, -0.2) is 27.5 Å². The number of aromatic nitrogens is 2. The number of anilines is 1. The molecule has 0 bridgehead atoms. The second-order valence-electron chi connectivity index (χ2n) is 5.58. The first-order chi connectivity index (χ1) is 8.65. The molecule has 0 aliphatic rings. The third kappa shape index (κ3) is 3.77. The van der Waals surface area contributed by atoms with E-state index in [2.05, 4.69) is 15.3 Å². The summed E-state index contributed by atoms with van der Waals surface area (Å²) in [5.41, 5.74) is -0.583. The quantitative estimate of drug-likeness (QED) is 0.667. The highest BCUT2D eigenvalue weighted by molar-refractivity contribution is 5.62. The van der Waals surface area contributed by atoms with Gasteiger partial charge in [-0.05, 0) is 20.8 Å². The molecule has 19 heavy (non-hydrogen) atoms. The highest BCUT2D eigenvalue weighted by Gasteiger charge is 2.28. The summed E-state index contributed by atoms with van der Waals surface area (Å²) in [7, 11) is 1.36. The maximum absolute atomic E-state index is 11.2. The minimum absolute atomic E-state index is 0.0181. The Balaban J connectivity index is 3.45. The Kier molecular flexibility index (Phi) is 4.28. The van der Waals surface area contributed by atoms with Crippen LogP contribution >= 0.6 is 0 Å². The largest absolute Gasteiger partial charge is 0.476 e. The van der Waals surface area contributed by atoms with Crippen LogP contribution in [0.5, 0.6) is 5.88 Å². The first-order valence-corrected chi connectivity index (χ1v) is 6.04. The summed E-state index contributed by atoms with van der Waals surface area (Å²) in [6.07, 6.45) is 0. The number of hydrogen-bond donors (Lipinski definition) is 1. The van der Waals surface area contributed by atoms with Gasteiger partial charge in [-0.1, -0.05) is 13.8 Å². The van der Waals surface area contributed by atoms with Gasteiger partial charge in [0.05, 0.1) is 12.0 Å². The summed E-state index contributed by atoms with van der Waals surface area (Å²) < 4.78 is 5.02. The molecule has 0 spiro atoms. The van der Waals surface area contributed by atoms with Gasteiger partial charge in [0.25, 0.3) is 5.88 Å². The van der Waals surface area contributed by atoms with E-state index in [4.69, 9.17) is 4.74 Å². The van der Waals surface area contributed by atoms with Crippen molar-refractivity contribution in [2.24, 2.45) is 0 Å². The molecule has 0 unspecified atom stereocenters. The van der Waals surface area contributed by atoms with Gasteiger partial charge in [-0.2, -0.15) is 4.98 Å². The monoisotopic (exact) mass is 268 g/mol. The van der Waals surface area contributed by atoms with Crippen LogP contribution in [0.25, 0.3) is 0 Å². The Labute approximate surface area is 112 Å². The first-order valence-electron chi connectivity index (χ1n) is 6.04. The van der Waals surface area contributed by atoms with Crippen molar-refractivity contribution in [2.75, 3.05) is 12.4 Å². The van der Waals surface area contributed by atoms with Crippen molar-refractivity contribution in [2.45, 2.75) is 46.1 Å². The fourth-order valence-corrected chi connectivity index (χ4v) is 1.46. The van der Waals surface area contributed by atoms with E-state index in [0.717, 1.165) is 0 Å². The molecule has 0 aliphatic carbocycles. The van der Waals surface area contributed by atoms with E-state index in [-0.39, 0.29) is 28.8 Å². The van der Waals surface area contributed by atoms with Crippen molar-refractivity contribution in [3.8, 4) is 5.88 Å². The van der Waals surface area contributed by atoms with Gasteiger partial charge in [-0.3, -0.25) is 10.1 Å². The normalized spacial score (nSPS) is 11.5. The lowest BCUT2D eigenvalue weighted by molar-refractivity contribution is -0.385. The molecule has 0 atom stereocenters. The van der Waals surface area contributed by atoms with Crippen LogP contribution in [0.1, 0.15) is 46.4 Å². The first kappa shape index (κ1) is 15.1. The maximum Gasteiger partial charge on any atom is 0.372 e. The number of rotatable bonds is 4. The second-order valence-corrected chi connectivity index (χ2v) is 5.58. The molecule has 106 valence electrons. The molecule has 0 saturated carbocycles. The van der Waals surface area contributed by atoms with Crippen molar-refractivity contribution in [1.82, 2.24) is 9.97 Å². The van der Waals surface area contributed by atoms with Crippen molar-refractivity contribution in [3.05, 3.63) is 15.9 Å². The molecular weight excluding hydrogens is 248 g/mol. The molecule has 0 saturated heterocycles. The van der Waals surface area contributed by atoms with Crippen LogP contribution in [0, 0.1) is 10.1 Å². The van der Waals surface area contributed by atoms with Gasteiger partial charge in [0.2, 0.25) is 5.82 Å². The number of nitro groups is 1. The molecule has 1 N–H and O–H groups in total. The Hall–Kier alpha value is -1.92. The van der Waals surface area contributed by atoms with Gasteiger partial charge >= 0.3 is 5.69 Å². The predicted octanol–water partition coefficient (Wildman–Crippen LogP) is 2.73. The summed E-state index contributed by atoms with van der Waals surface area (Å²) >= 11 is 0. The summed E-state index contributed by atoms with van der Waals surface area (Å²) in [4.78, 5) is 19.0. The third-order valence-electron chi connectivity index (χ3n) is 2.26. The number of nitrogens with one attached hydrogen (secondary N) is 1. The molecule has 0 amide bonds. The minimum Gasteiger partial charge on any atom is -0.476 e. The van der Waals surface area contributed by atoms with Crippen LogP contribution in [0.2, 0.25) is 0 Å². The van der Waals surface area contributed by atoms with E-state index in [0.29, 0.717) is 5.82 Å². The van der Waals surface area contributed by atoms with Gasteiger partial charge in [-0.25, -0.2) is 4.98 Å². The zero-order valence-electron chi connectivity index (χ0n) is 12.1. The zero-order chi connectivity index (χ0) is 14.8. The van der Waals surface area contributed by atoms with Crippen LogP contribution in [0.3, 0.4) is 0 Å². The van der Waals surface area contributed by atoms with Crippen LogP contribution in [0.15, 0.2) is 0 Å². The average Bonchev–Trinajstić information content (AvgIpc) is 2.24. The van der Waals surface area contributed by atoms with E-state index in [1.165, 1.54) is 7.11 Å². The minimum atomic E-state index is -0.531. The summed E-state index contributed by atoms with van der Waals surface area (Å²) in [5, 5.41) is 14.2. The summed E-state index contributed by atoms with van der Waals surface area (Å²) in [6, 6.07) is 0. The topological polar surface area (TPSA) is 90.2 Å². The van der Waals surface area contributed by atoms with E-state index in [9.17, 15) is 10.1 Å². The highest BCUT2D eigenvalue weighted by atomic mass is 16.6. The second kappa shape index (κ2) is 5.38. The van der Waals surface area contributed by atoms with Crippen LogP contribution in [-0.2, 0) is 0 Å². The molecule has 7 heteroatoms. The molecule has 0 aliphatic heterocycles. The fraction of sp³-hybridized carbons (Fsp3) is 0.667. The average molecular weight is 268 g/mol. The van der Waals surface area contributed by atoms with Crippen LogP contribution < -0.4 is 10.1 Å². The number of methoxy groups -OCH3 is 1. The van der Waals surface area contributed by atoms with Crippen LogP contribution in [0.4, 0.5) is 11.5 Å². The van der Waals surface area contributed by atoms with E-state index in [1.807, 2.05) is 34.6 Å². The van der Waals surface area contributed by atoms with Gasteiger partial charge in [0.15, 0.2) is 0 Å². The lowest BCUT2D eigenvalue weighted by Gasteiger charge is -2.22. The number of nitrogens with zero attached hydrogens (tertiary/aromatic N) is 3. The molecule has 1 rings (SSSR count). The Morgan fingerprint density at radius 1 is 1.32 bits per heavy atom. The zero-order valence-corrected chi connectivity index (χ0v) is 12.1. The van der Waals surface area contributed by atoms with Crippen molar-refractivity contribution in [1.29, 1.82) is 0 Å². The van der Waals surface area contributed by atoms with Gasteiger partial charge in [0, 0.05) is 11.5 Å². The van der Waals surface area contributed by atoms with E-state index in [1.54, 1.807) is 0 Å². The van der Waals surface area contributed by atoms with Crippen molar-refractivity contribution < 1.29 is 9.66 Å². The predicted molar refractivity (Wildman–Crippen MR) is 72.7 cm³/mol. The lowest BCUT2D eigenvalue weighted by Crippen LogP contribution is -2.28. The third-order valence-corrected chi connectivity index (χ3v) is 2.26. The SMILES string of the molecule is COc1nc(C(C)C)nc(NC(C)(C)C)c1[N+](=O)[O-]. The van der Waals surface area contributed by atoms with Crippen molar-refractivity contribution in [3.63, 3.8) is 0 Å². The standard InChI is InChI=1S/C12H20N4O3/c1-7(2)9-13-10(15-12(3,4)5)8(16(17)18)11(14-9)19-6/h7H,1-6H3,(H,13,14,15). The molecular formula is C12H20N4O3. The molecule has 0 aromatic carbocycles. The molecule has 1 heterocycles. The molecule has 1 aromatic heterocycles.